The summed E-state index contributed by atoms with van der Waals surface area (Å²) in [7, 11) is 0. The van der Waals surface area contributed by atoms with E-state index >= 15 is 0 Å². The molecule has 15 nitrogen and oxygen atoms in total. The van der Waals surface area contributed by atoms with Gasteiger partial charge >= 0.3 is 51.2 Å². The first-order valence-corrected chi connectivity index (χ1v) is 20.8. The van der Waals surface area contributed by atoms with E-state index < -0.39 is 0 Å². The van der Waals surface area contributed by atoms with Crippen molar-refractivity contribution in [3.8, 4) is 11.1 Å². The number of fused-ring (bicyclic) bond motifs is 6. The second-order valence-electron chi connectivity index (χ2n) is 14.1. The van der Waals surface area contributed by atoms with Crippen LogP contribution in [0.4, 0.5) is 0 Å². The number of pyridine rings is 3. The number of hydrogen-bond donors (Lipinski definition) is 0. The van der Waals surface area contributed by atoms with Gasteiger partial charge in [0.15, 0.2) is 0 Å². The van der Waals surface area contributed by atoms with E-state index in [4.69, 9.17) is 58.4 Å². The second-order valence-corrected chi connectivity index (χ2v) is 14.1. The Morgan fingerprint density at radius 1 is 0.318 bits per heavy atom. The van der Waals surface area contributed by atoms with Gasteiger partial charge in [-0.15, -0.1) is 0 Å². The number of aromatic nitrogens is 3. The van der Waals surface area contributed by atoms with Crippen molar-refractivity contribution in [3.05, 3.63) is 76.6 Å². The third-order valence-corrected chi connectivity index (χ3v) is 9.58. The Hall–Kier alpha value is -2.63. The molecule has 6 bridgehead atoms. The maximum Gasteiger partial charge on any atom is 2.00 e. The average molecular weight is 1080 g/mol. The van der Waals surface area contributed by atoms with E-state index in [2.05, 4.69) is 39.2 Å². The van der Waals surface area contributed by atoms with Gasteiger partial charge in [-0.3, -0.25) is 30.0 Å². The average Bonchev–Trinajstić information content (AvgIpc) is 3.27. The van der Waals surface area contributed by atoms with Gasteiger partial charge in [0, 0.05) is 0 Å². The van der Waals surface area contributed by atoms with Gasteiger partial charge in [-0.05, 0) is 89.1 Å². The molecule has 0 aliphatic carbocycles. The van der Waals surface area contributed by atoms with E-state index in [0.717, 1.165) is 79.6 Å². The van der Waals surface area contributed by atoms with Gasteiger partial charge in [-0.25, -0.2) is 15.0 Å². The summed E-state index contributed by atoms with van der Waals surface area (Å²) >= 11 is 0. The summed E-state index contributed by atoms with van der Waals surface area (Å²) in [6.45, 7) is 22.1. The first-order chi connectivity index (χ1) is 29.3. The molecule has 0 fully saturated rings. The number of aliphatic imine (C=N–C) groups is 6. The molecular weight excluding hydrogens is 1010 g/mol. The minimum atomic E-state index is 0. The zero-order chi connectivity index (χ0) is 42.4. The van der Waals surface area contributed by atoms with Gasteiger partial charge in [-0.2, -0.15) is 0 Å². The van der Waals surface area contributed by atoms with E-state index in [0.29, 0.717) is 119 Å². The van der Waals surface area contributed by atoms with Crippen molar-refractivity contribution < 1.29 is 104 Å². The van der Waals surface area contributed by atoms with Crippen LogP contribution in [0.15, 0.2) is 72.4 Å². The van der Waals surface area contributed by atoms with Crippen molar-refractivity contribution in [1.82, 2.24) is 15.0 Å². The summed E-state index contributed by atoms with van der Waals surface area (Å²) in [6, 6.07) is 14.2. The first kappa shape index (κ1) is 65.5. The van der Waals surface area contributed by atoms with Crippen LogP contribution >= 0.6 is 0 Å². The van der Waals surface area contributed by atoms with Crippen molar-refractivity contribution in [2.75, 3.05) is 119 Å². The zero-order valence-electron chi connectivity index (χ0n) is 38.1. The van der Waals surface area contributed by atoms with Gasteiger partial charge in [-0.1, -0.05) is 13.5 Å². The number of ether oxygens (including phenoxy) is 6. The molecule has 6 heterocycles. The van der Waals surface area contributed by atoms with Crippen LogP contribution in [0.25, 0.3) is 11.1 Å². The molecule has 0 saturated heterocycles. The standard InChI is InChI=1S/C30H40N6O4.C15H21N3O2.CH4.2ClH.3Mn/c1-21-27-17-25(18-28(35-27)22(2)32-6-10-38-14-13-37-9-5-31-21)26-19-29-23(3)33-7-11-39-15-16-40-12-8-34-24(4)30(20-26)36-29;1-12-14-4-3-5-15(18-14)13(2)17-7-9-20-11-10-19-8-6-16-12;;;;;;/h17-20H,5-16H2,1-4H3;3-5H,6-11H2,1-2H3;1H4;2*1H;;;/q;;;;;3*+2/p-2. The summed E-state index contributed by atoms with van der Waals surface area (Å²) < 4.78 is 33.4. The Morgan fingerprint density at radius 2 is 0.515 bits per heavy atom. The van der Waals surface area contributed by atoms with Crippen molar-refractivity contribution in [2.45, 2.75) is 49.0 Å². The molecule has 0 spiro atoms. The van der Waals surface area contributed by atoms with E-state index in [9.17, 15) is 0 Å². The second kappa shape index (κ2) is 37.3. The summed E-state index contributed by atoms with van der Waals surface area (Å²) in [5.41, 5.74) is 12.2. The summed E-state index contributed by atoms with van der Waals surface area (Å²) in [6.07, 6.45) is 0. The van der Waals surface area contributed by atoms with Gasteiger partial charge in [0.25, 0.3) is 0 Å². The zero-order valence-corrected chi connectivity index (χ0v) is 43.2. The molecule has 0 unspecified atom stereocenters. The molecule has 3 radical (unpaired) electrons. The third-order valence-electron chi connectivity index (χ3n) is 9.58. The smallest absolute Gasteiger partial charge is 1.00 e. The molecule has 6 rings (SSSR count). The Kier molecular flexibility index (Phi) is 37.0. The third kappa shape index (κ3) is 23.1. The molecule has 3 aromatic rings. The number of halogens is 2. The molecular formula is C46H65Cl2Mn3N9O6+4. The van der Waals surface area contributed by atoms with Crippen LogP contribution in [-0.4, -0.2) is 168 Å². The van der Waals surface area contributed by atoms with Crippen molar-refractivity contribution >= 4 is 34.3 Å². The number of hydrogen-bond acceptors (Lipinski definition) is 15. The topological polar surface area (TPSA) is 168 Å². The SMILES string of the molecule is C.CC1=NCCOCCOCCN=C(C)c2cc(-c3cc4nc(c3)C(C)=NCCOCCOCCN=C4C)cc1n2.CC1=NCCOCCOCCN=C(C)c2cccc1n2.[Cl-].[Cl-].[Mn+2].[Mn+2].[Mn+2]. The largest absolute Gasteiger partial charge is 2.00 e. The van der Waals surface area contributed by atoms with E-state index in [-0.39, 0.29) is 83.4 Å². The van der Waals surface area contributed by atoms with Crippen molar-refractivity contribution in [3.63, 3.8) is 0 Å². The Balaban J connectivity index is 0. The van der Waals surface area contributed by atoms with E-state index in [1.807, 2.05) is 59.7 Å². The molecule has 3 aliphatic rings. The molecule has 0 amide bonds. The fraction of sp³-hybridized carbons (Fsp3) is 0.543. The van der Waals surface area contributed by atoms with Crippen molar-refractivity contribution in [1.29, 1.82) is 0 Å². The van der Waals surface area contributed by atoms with E-state index in [1.54, 1.807) is 0 Å². The van der Waals surface area contributed by atoms with Crippen LogP contribution in [0.5, 0.6) is 0 Å². The summed E-state index contributed by atoms with van der Waals surface area (Å²) in [4.78, 5) is 42.3. The normalized spacial score (nSPS) is 17.1. The monoisotopic (exact) mass is 1070 g/mol. The van der Waals surface area contributed by atoms with Gasteiger partial charge in [0.05, 0.1) is 187 Å². The Labute approximate surface area is 436 Å². The van der Waals surface area contributed by atoms with Crippen LogP contribution in [0, 0.1) is 0 Å². The summed E-state index contributed by atoms with van der Waals surface area (Å²) in [5, 5.41) is 0. The Bertz CT molecular complexity index is 1830. The molecule has 0 saturated carbocycles. The predicted molar refractivity (Wildman–Crippen MR) is 246 cm³/mol. The maximum absolute atomic E-state index is 5.64. The minimum absolute atomic E-state index is 0. The van der Waals surface area contributed by atoms with Crippen molar-refractivity contribution in [2.24, 2.45) is 30.0 Å². The molecule has 0 atom stereocenters. The molecule has 0 aromatic carbocycles. The molecule has 66 heavy (non-hydrogen) atoms. The number of nitrogens with zero attached hydrogens (tertiary/aromatic N) is 9. The summed E-state index contributed by atoms with van der Waals surface area (Å²) in [5.74, 6) is 0. The minimum Gasteiger partial charge on any atom is -1.00 e. The fourth-order valence-electron chi connectivity index (χ4n) is 6.09. The maximum atomic E-state index is 5.64. The van der Waals surface area contributed by atoms with Crippen LogP contribution < -0.4 is 24.8 Å². The van der Waals surface area contributed by atoms with Gasteiger partial charge < -0.3 is 53.2 Å². The first-order valence-electron chi connectivity index (χ1n) is 20.8. The van der Waals surface area contributed by atoms with Crippen LogP contribution in [0.1, 0.15) is 83.1 Å². The molecule has 3 aliphatic heterocycles. The number of rotatable bonds is 1. The van der Waals surface area contributed by atoms with Gasteiger partial charge in [0.2, 0.25) is 0 Å². The predicted octanol–water partition coefficient (Wildman–Crippen LogP) is -0.144. The molecule has 20 heteroatoms. The molecule has 361 valence electrons. The molecule has 3 aromatic heterocycles. The fourth-order valence-corrected chi connectivity index (χ4v) is 6.09. The van der Waals surface area contributed by atoms with E-state index in [1.165, 1.54) is 0 Å². The van der Waals surface area contributed by atoms with Crippen LogP contribution in [-0.2, 0) is 79.6 Å². The quantitative estimate of drug-likeness (QED) is 0.302. The van der Waals surface area contributed by atoms with Gasteiger partial charge in [0.1, 0.15) is 0 Å². The Morgan fingerprint density at radius 3 is 0.742 bits per heavy atom. The molecule has 0 N–H and O–H groups in total. The van der Waals surface area contributed by atoms with Crippen LogP contribution in [0.3, 0.4) is 0 Å². The van der Waals surface area contributed by atoms with Crippen LogP contribution in [0.2, 0.25) is 0 Å².